The Morgan fingerprint density at radius 3 is 2.29 bits per heavy atom. The highest BCUT2D eigenvalue weighted by atomic mass is 16.6. The summed E-state index contributed by atoms with van der Waals surface area (Å²) in [7, 11) is 1.27. The summed E-state index contributed by atoms with van der Waals surface area (Å²) >= 11 is 0. The van der Waals surface area contributed by atoms with Crippen LogP contribution in [-0.2, 0) is 23.8 Å². The van der Waals surface area contributed by atoms with Gasteiger partial charge in [-0.15, -0.1) is 6.58 Å². The van der Waals surface area contributed by atoms with Crippen LogP contribution in [0.4, 0.5) is 9.59 Å². The van der Waals surface area contributed by atoms with Gasteiger partial charge in [0.1, 0.15) is 11.6 Å². The predicted octanol–water partition coefficient (Wildman–Crippen LogP) is 3.09. The van der Waals surface area contributed by atoms with E-state index in [1.807, 2.05) is 0 Å². The van der Waals surface area contributed by atoms with Gasteiger partial charge in [-0.25, -0.2) is 14.4 Å². The second-order valence-electron chi connectivity index (χ2n) is 9.09. The third-order valence-electron chi connectivity index (χ3n) is 5.28. The zero-order valence-electron chi connectivity index (χ0n) is 20.7. The van der Waals surface area contributed by atoms with E-state index in [0.29, 0.717) is 24.8 Å². The lowest BCUT2D eigenvalue weighted by Crippen LogP contribution is -2.48. The quantitative estimate of drug-likeness (QED) is 0.236. The molecule has 10 nitrogen and oxygen atoms in total. The number of alkyl carbamates (subject to hydrolysis) is 2. The molecular weight excluding hydrogens is 454 g/mol. The number of nitrogens with one attached hydrogen (secondary N) is 2. The smallest absolute Gasteiger partial charge is 0.408 e. The van der Waals surface area contributed by atoms with Gasteiger partial charge in [-0.05, 0) is 40.0 Å². The molecule has 0 aromatic heterocycles. The van der Waals surface area contributed by atoms with Gasteiger partial charge in [0.15, 0.2) is 0 Å². The molecule has 0 aliphatic carbocycles. The number of ether oxygens (including phenoxy) is 3. The Morgan fingerprint density at radius 2 is 1.71 bits per heavy atom. The minimum atomic E-state index is -1.27. The predicted molar refractivity (Wildman–Crippen MR) is 128 cm³/mol. The molecule has 1 aliphatic rings. The van der Waals surface area contributed by atoms with Gasteiger partial charge in [-0.1, -0.05) is 36.4 Å². The zero-order valence-corrected chi connectivity index (χ0v) is 20.7. The fourth-order valence-electron chi connectivity index (χ4n) is 3.82. The lowest BCUT2D eigenvalue weighted by Gasteiger charge is -2.32. The van der Waals surface area contributed by atoms with Gasteiger partial charge in [0.05, 0.1) is 7.11 Å². The maximum Gasteiger partial charge on any atom is 0.408 e. The van der Waals surface area contributed by atoms with Crippen molar-refractivity contribution >= 4 is 24.1 Å². The molecule has 192 valence electrons. The van der Waals surface area contributed by atoms with Gasteiger partial charge in [0.25, 0.3) is 5.91 Å². The second-order valence-corrected chi connectivity index (χ2v) is 9.09. The number of rotatable bonds is 9. The van der Waals surface area contributed by atoms with Crippen LogP contribution in [0, 0.1) is 0 Å². The van der Waals surface area contributed by atoms with E-state index in [1.54, 1.807) is 57.2 Å². The minimum Gasteiger partial charge on any atom is -0.467 e. The first-order chi connectivity index (χ1) is 16.6. The molecule has 2 rings (SSSR count). The zero-order chi connectivity index (χ0) is 26.0. The molecule has 2 N–H and O–H groups in total. The third-order valence-corrected chi connectivity index (χ3v) is 5.28. The standard InChI is InChI=1S/C25H35N3O7/c1-6-10-18-13-14-19(22(30)33-5)28(18)21(29)20(17-11-8-7-9-12-17)34-23(31)26-15-16-27-24(32)35-25(2,3)4/h6-9,11-12,18-20H,1,10,13-16H2,2-5H3,(H,26,31)(H,27,32)/t18?,19-,20-/m0/s1. The molecule has 3 atom stereocenters. The Hall–Kier alpha value is -3.56. The molecule has 3 amide bonds. The van der Waals surface area contributed by atoms with Gasteiger partial charge in [0.2, 0.25) is 6.10 Å². The van der Waals surface area contributed by atoms with E-state index in [0.717, 1.165) is 0 Å². The average Bonchev–Trinajstić information content (AvgIpc) is 3.22. The molecule has 1 heterocycles. The summed E-state index contributed by atoms with van der Waals surface area (Å²) in [6.45, 7) is 9.14. The van der Waals surface area contributed by atoms with Crippen molar-refractivity contribution in [1.29, 1.82) is 0 Å². The van der Waals surface area contributed by atoms with Crippen molar-refractivity contribution in [3.63, 3.8) is 0 Å². The van der Waals surface area contributed by atoms with Crippen LogP contribution in [0.15, 0.2) is 43.0 Å². The summed E-state index contributed by atoms with van der Waals surface area (Å²) < 4.78 is 15.6. The largest absolute Gasteiger partial charge is 0.467 e. The molecule has 1 aliphatic heterocycles. The second kappa shape index (κ2) is 12.8. The highest BCUT2D eigenvalue weighted by Gasteiger charge is 2.44. The molecule has 35 heavy (non-hydrogen) atoms. The molecule has 1 unspecified atom stereocenters. The number of hydrogen-bond acceptors (Lipinski definition) is 7. The maximum atomic E-state index is 13.7. The average molecular weight is 490 g/mol. The third kappa shape index (κ3) is 8.31. The summed E-state index contributed by atoms with van der Waals surface area (Å²) in [6, 6.07) is 7.54. The number of esters is 1. The van der Waals surface area contributed by atoms with E-state index in [-0.39, 0.29) is 19.1 Å². The number of methoxy groups -OCH3 is 1. The molecule has 1 aromatic carbocycles. The molecule has 1 fully saturated rings. The van der Waals surface area contributed by atoms with Crippen LogP contribution in [0.1, 0.15) is 51.7 Å². The van der Waals surface area contributed by atoms with Crippen LogP contribution in [0.3, 0.4) is 0 Å². The van der Waals surface area contributed by atoms with Crippen molar-refractivity contribution in [2.24, 2.45) is 0 Å². The van der Waals surface area contributed by atoms with E-state index in [4.69, 9.17) is 14.2 Å². The molecular formula is C25H35N3O7. The summed E-state index contributed by atoms with van der Waals surface area (Å²) in [5.74, 6) is -1.03. The topological polar surface area (TPSA) is 123 Å². The van der Waals surface area contributed by atoms with Gasteiger partial charge in [-0.3, -0.25) is 4.79 Å². The SMILES string of the molecule is C=CCC1CC[C@@H](C(=O)OC)N1C(=O)[C@@H](OC(=O)NCCNC(=O)OC(C)(C)C)c1ccccc1. The molecule has 0 radical (unpaired) electrons. The van der Waals surface area contributed by atoms with Crippen LogP contribution >= 0.6 is 0 Å². The Kier molecular flexibility index (Phi) is 10.1. The monoisotopic (exact) mass is 489 g/mol. The van der Waals surface area contributed by atoms with E-state index in [2.05, 4.69) is 17.2 Å². The van der Waals surface area contributed by atoms with Crippen LogP contribution < -0.4 is 10.6 Å². The van der Waals surface area contributed by atoms with E-state index < -0.39 is 41.8 Å². The number of carbonyl (C=O) groups is 4. The highest BCUT2D eigenvalue weighted by Crippen LogP contribution is 2.32. The first kappa shape index (κ1) is 27.7. The van der Waals surface area contributed by atoms with Crippen molar-refractivity contribution in [3.8, 4) is 0 Å². The minimum absolute atomic E-state index is 0.0569. The Morgan fingerprint density at radius 1 is 1.09 bits per heavy atom. The normalized spacial score (nSPS) is 18.2. The number of benzene rings is 1. The number of hydrogen-bond donors (Lipinski definition) is 2. The lowest BCUT2D eigenvalue weighted by atomic mass is 10.1. The molecule has 0 bridgehead atoms. The lowest BCUT2D eigenvalue weighted by molar-refractivity contribution is -0.156. The van der Waals surface area contributed by atoms with Crippen molar-refractivity contribution in [3.05, 3.63) is 48.6 Å². The first-order valence-corrected chi connectivity index (χ1v) is 11.5. The van der Waals surface area contributed by atoms with Crippen molar-refractivity contribution < 1.29 is 33.4 Å². The van der Waals surface area contributed by atoms with Crippen LogP contribution in [0.5, 0.6) is 0 Å². The summed E-state index contributed by atoms with van der Waals surface area (Å²) in [5.41, 5.74) is -0.173. The number of amides is 3. The number of carbonyl (C=O) groups excluding carboxylic acids is 4. The Balaban J connectivity index is 2.10. The Labute approximate surface area is 206 Å². The van der Waals surface area contributed by atoms with E-state index in [1.165, 1.54) is 12.0 Å². The summed E-state index contributed by atoms with van der Waals surface area (Å²) in [4.78, 5) is 51.7. The van der Waals surface area contributed by atoms with Crippen LogP contribution in [-0.4, -0.2) is 66.8 Å². The fraction of sp³-hybridized carbons (Fsp3) is 0.520. The number of nitrogens with zero attached hydrogens (tertiary/aromatic N) is 1. The van der Waals surface area contributed by atoms with Crippen molar-refractivity contribution in [2.75, 3.05) is 20.2 Å². The van der Waals surface area contributed by atoms with E-state index >= 15 is 0 Å². The van der Waals surface area contributed by atoms with Gasteiger partial charge in [-0.2, -0.15) is 0 Å². The van der Waals surface area contributed by atoms with Gasteiger partial charge >= 0.3 is 18.2 Å². The van der Waals surface area contributed by atoms with Crippen molar-refractivity contribution in [2.45, 2.75) is 63.8 Å². The molecule has 10 heteroatoms. The Bertz CT molecular complexity index is 898. The molecule has 0 saturated carbocycles. The molecule has 1 saturated heterocycles. The highest BCUT2D eigenvalue weighted by molar-refractivity contribution is 5.90. The van der Waals surface area contributed by atoms with Gasteiger partial charge in [0, 0.05) is 24.7 Å². The van der Waals surface area contributed by atoms with E-state index in [9.17, 15) is 19.2 Å². The van der Waals surface area contributed by atoms with Gasteiger partial charge < -0.3 is 29.7 Å². The summed E-state index contributed by atoms with van der Waals surface area (Å²) in [6.07, 6.45) is 0.500. The maximum absolute atomic E-state index is 13.7. The van der Waals surface area contributed by atoms with Crippen LogP contribution in [0.25, 0.3) is 0 Å². The van der Waals surface area contributed by atoms with Crippen molar-refractivity contribution in [1.82, 2.24) is 15.5 Å². The fourth-order valence-corrected chi connectivity index (χ4v) is 3.82. The first-order valence-electron chi connectivity index (χ1n) is 11.5. The van der Waals surface area contributed by atoms with Crippen LogP contribution in [0.2, 0.25) is 0 Å². The summed E-state index contributed by atoms with van der Waals surface area (Å²) in [5, 5.41) is 5.04. The molecule has 0 spiro atoms. The number of likely N-dealkylation sites (tertiary alicyclic amines) is 1. The molecule has 1 aromatic rings.